The van der Waals surface area contributed by atoms with Gasteiger partial charge in [0.25, 0.3) is 0 Å². The van der Waals surface area contributed by atoms with Gasteiger partial charge in [0.2, 0.25) is 0 Å². The lowest BCUT2D eigenvalue weighted by atomic mass is 9.63. The third kappa shape index (κ3) is 6.61. The van der Waals surface area contributed by atoms with E-state index in [-0.39, 0.29) is 17.2 Å². The van der Waals surface area contributed by atoms with Gasteiger partial charge in [-0.05, 0) is 91.7 Å². The number of benzene rings is 1. The van der Waals surface area contributed by atoms with Crippen LogP contribution >= 0.6 is 0 Å². The molecule has 0 amide bonds. The highest BCUT2D eigenvalue weighted by Crippen LogP contribution is 2.49. The van der Waals surface area contributed by atoms with Crippen molar-refractivity contribution in [3.8, 4) is 0 Å². The summed E-state index contributed by atoms with van der Waals surface area (Å²) in [6, 6.07) is 3.31. The molecule has 3 aliphatic rings. The second-order valence-electron chi connectivity index (χ2n) is 12.0. The fraction of sp³-hybridized carbons (Fsp3) is 0.806. The van der Waals surface area contributed by atoms with Crippen molar-refractivity contribution in [1.82, 2.24) is 0 Å². The number of unbranched alkanes of at least 4 members (excludes halogenated alkanes) is 1. The largest absolute Gasteiger partial charge is 0.207 e. The smallest absolute Gasteiger partial charge is 0.129 e. The van der Waals surface area contributed by atoms with E-state index >= 15 is 0 Å². The van der Waals surface area contributed by atoms with E-state index in [4.69, 9.17) is 0 Å². The Labute approximate surface area is 202 Å². The van der Waals surface area contributed by atoms with Crippen molar-refractivity contribution < 1.29 is 8.78 Å². The molecule has 0 heterocycles. The van der Waals surface area contributed by atoms with Crippen molar-refractivity contribution in [3.05, 3.63) is 34.9 Å². The summed E-state index contributed by atoms with van der Waals surface area (Å²) in [5.74, 6) is 4.30. The molecule has 3 aliphatic carbocycles. The monoisotopic (exact) mass is 458 g/mol. The number of fused-ring (bicyclic) bond motifs is 1. The standard InChI is InChI=1S/C31H48F2/c1-3-5-7-22-8-10-23(11-9-22)12-13-24-14-15-26-19-27(17-16-25(26)18-24)28-20-30(32)29(6-4-2)31(33)21-28/h20-27H,3-19H2,1-2H3. The van der Waals surface area contributed by atoms with Gasteiger partial charge in [-0.25, -0.2) is 8.78 Å². The predicted octanol–water partition coefficient (Wildman–Crippen LogP) is 9.99. The van der Waals surface area contributed by atoms with Gasteiger partial charge in [0.15, 0.2) is 0 Å². The Morgan fingerprint density at radius 1 is 0.667 bits per heavy atom. The van der Waals surface area contributed by atoms with E-state index < -0.39 is 0 Å². The molecular formula is C31H48F2. The molecule has 0 aromatic heterocycles. The van der Waals surface area contributed by atoms with Gasteiger partial charge in [-0.3, -0.25) is 0 Å². The SMILES string of the molecule is CCCCC1CCC(CCC2CCC3CC(c4cc(F)c(CCC)c(F)c4)CCC3C2)CC1. The van der Waals surface area contributed by atoms with Crippen LogP contribution in [0.4, 0.5) is 8.78 Å². The summed E-state index contributed by atoms with van der Waals surface area (Å²) >= 11 is 0. The Hall–Kier alpha value is -0.920. The molecule has 1 aromatic rings. The molecule has 1 aromatic carbocycles. The van der Waals surface area contributed by atoms with E-state index in [1.54, 1.807) is 12.1 Å². The lowest BCUT2D eigenvalue weighted by Crippen LogP contribution is -2.31. The highest BCUT2D eigenvalue weighted by molar-refractivity contribution is 5.29. The van der Waals surface area contributed by atoms with E-state index in [0.717, 1.165) is 54.4 Å². The summed E-state index contributed by atoms with van der Waals surface area (Å²) in [7, 11) is 0. The van der Waals surface area contributed by atoms with Crippen LogP contribution in [0.25, 0.3) is 0 Å². The van der Waals surface area contributed by atoms with Crippen LogP contribution in [0.3, 0.4) is 0 Å². The third-order valence-electron chi connectivity index (χ3n) is 9.77. The zero-order valence-corrected chi connectivity index (χ0v) is 21.4. The fourth-order valence-electron chi connectivity index (χ4n) is 7.67. The van der Waals surface area contributed by atoms with Crippen LogP contribution in [0.5, 0.6) is 0 Å². The van der Waals surface area contributed by atoms with E-state index in [2.05, 4.69) is 6.92 Å². The van der Waals surface area contributed by atoms with Crippen LogP contribution in [0.15, 0.2) is 12.1 Å². The molecule has 4 atom stereocenters. The molecule has 0 bridgehead atoms. The Bertz CT molecular complexity index is 709. The molecule has 2 heteroatoms. The molecule has 0 spiro atoms. The lowest BCUT2D eigenvalue weighted by Gasteiger charge is -2.43. The molecular weight excluding hydrogens is 410 g/mol. The first kappa shape index (κ1) is 25.2. The summed E-state index contributed by atoms with van der Waals surface area (Å²) in [5.41, 5.74) is 1.20. The average Bonchev–Trinajstić information content (AvgIpc) is 2.83. The molecule has 186 valence electrons. The second-order valence-corrected chi connectivity index (χ2v) is 12.0. The average molecular weight is 459 g/mol. The number of halogens is 2. The summed E-state index contributed by atoms with van der Waals surface area (Å²) in [6.07, 6.45) is 22.0. The normalized spacial score (nSPS) is 32.5. The van der Waals surface area contributed by atoms with Gasteiger partial charge >= 0.3 is 0 Å². The van der Waals surface area contributed by atoms with Crippen LogP contribution in [-0.2, 0) is 6.42 Å². The van der Waals surface area contributed by atoms with Gasteiger partial charge in [-0.2, -0.15) is 0 Å². The Morgan fingerprint density at radius 3 is 1.91 bits per heavy atom. The number of hydrogen-bond acceptors (Lipinski definition) is 0. The van der Waals surface area contributed by atoms with Gasteiger partial charge in [-0.15, -0.1) is 0 Å². The van der Waals surface area contributed by atoms with E-state index in [0.29, 0.717) is 12.3 Å². The van der Waals surface area contributed by atoms with Crippen molar-refractivity contribution in [1.29, 1.82) is 0 Å². The van der Waals surface area contributed by atoms with Crippen LogP contribution in [-0.4, -0.2) is 0 Å². The first-order chi connectivity index (χ1) is 16.1. The highest BCUT2D eigenvalue weighted by Gasteiger charge is 2.36. The van der Waals surface area contributed by atoms with Gasteiger partial charge in [0, 0.05) is 5.56 Å². The zero-order chi connectivity index (χ0) is 23.2. The van der Waals surface area contributed by atoms with Crippen molar-refractivity contribution in [2.24, 2.45) is 29.6 Å². The van der Waals surface area contributed by atoms with Gasteiger partial charge in [0.05, 0.1) is 0 Å². The maximum atomic E-state index is 14.5. The molecule has 3 fully saturated rings. The number of hydrogen-bond donors (Lipinski definition) is 0. The van der Waals surface area contributed by atoms with Gasteiger partial charge in [-0.1, -0.05) is 84.5 Å². The van der Waals surface area contributed by atoms with E-state index in [9.17, 15) is 8.78 Å². The minimum atomic E-state index is -0.322. The fourth-order valence-corrected chi connectivity index (χ4v) is 7.67. The molecule has 3 saturated carbocycles. The first-order valence-electron chi connectivity index (χ1n) is 14.5. The van der Waals surface area contributed by atoms with Crippen LogP contribution in [0.2, 0.25) is 0 Å². The first-order valence-corrected chi connectivity index (χ1v) is 14.5. The number of rotatable bonds is 9. The lowest BCUT2D eigenvalue weighted by molar-refractivity contribution is 0.108. The molecule has 4 rings (SSSR count). The van der Waals surface area contributed by atoms with Crippen LogP contribution < -0.4 is 0 Å². The molecule has 0 N–H and O–H groups in total. The summed E-state index contributed by atoms with van der Waals surface area (Å²) in [5, 5.41) is 0. The Balaban J connectivity index is 1.22. The summed E-state index contributed by atoms with van der Waals surface area (Å²) in [4.78, 5) is 0. The molecule has 0 radical (unpaired) electrons. The second kappa shape index (κ2) is 12.2. The van der Waals surface area contributed by atoms with Crippen molar-refractivity contribution in [2.75, 3.05) is 0 Å². The quantitative estimate of drug-likeness (QED) is 0.345. The van der Waals surface area contributed by atoms with E-state index in [1.165, 1.54) is 83.5 Å². The molecule has 0 saturated heterocycles. The Morgan fingerprint density at radius 2 is 1.24 bits per heavy atom. The van der Waals surface area contributed by atoms with Gasteiger partial charge < -0.3 is 0 Å². The maximum absolute atomic E-state index is 14.5. The summed E-state index contributed by atoms with van der Waals surface area (Å²) in [6.45, 7) is 4.29. The van der Waals surface area contributed by atoms with E-state index in [1.807, 2.05) is 6.92 Å². The molecule has 0 aliphatic heterocycles. The summed E-state index contributed by atoms with van der Waals surface area (Å²) < 4.78 is 29.0. The maximum Gasteiger partial charge on any atom is 0.129 e. The predicted molar refractivity (Wildman–Crippen MR) is 135 cm³/mol. The van der Waals surface area contributed by atoms with Crippen molar-refractivity contribution >= 4 is 0 Å². The van der Waals surface area contributed by atoms with Crippen molar-refractivity contribution in [3.63, 3.8) is 0 Å². The highest BCUT2D eigenvalue weighted by atomic mass is 19.1. The molecule has 33 heavy (non-hydrogen) atoms. The third-order valence-corrected chi connectivity index (χ3v) is 9.77. The zero-order valence-electron chi connectivity index (χ0n) is 21.4. The van der Waals surface area contributed by atoms with Crippen molar-refractivity contribution in [2.45, 2.75) is 129 Å². The minimum absolute atomic E-state index is 0.282. The topological polar surface area (TPSA) is 0 Å². The Kier molecular flexibility index (Phi) is 9.28. The molecule has 4 unspecified atom stereocenters. The van der Waals surface area contributed by atoms with Gasteiger partial charge in [0.1, 0.15) is 11.6 Å². The minimum Gasteiger partial charge on any atom is -0.207 e. The molecule has 0 nitrogen and oxygen atoms in total. The van der Waals surface area contributed by atoms with Crippen LogP contribution in [0.1, 0.15) is 134 Å². The van der Waals surface area contributed by atoms with Crippen LogP contribution in [0, 0.1) is 41.2 Å².